The van der Waals surface area contributed by atoms with Gasteiger partial charge in [-0.05, 0) is 36.0 Å². The fourth-order valence-electron chi connectivity index (χ4n) is 5.32. The normalized spacial score (nSPS) is 27.3. The third kappa shape index (κ3) is 4.91. The number of aliphatic hydroxyl groups excluding tert-OH is 1. The Morgan fingerprint density at radius 2 is 2.19 bits per heavy atom. The number of aryl methyl sites for hydroxylation is 1. The van der Waals surface area contributed by atoms with E-state index < -0.39 is 11.7 Å². The highest BCUT2D eigenvalue weighted by atomic mass is 35.5. The summed E-state index contributed by atoms with van der Waals surface area (Å²) in [5, 5.41) is 17.6. The molecule has 1 heterocycles. The van der Waals surface area contributed by atoms with E-state index in [-0.39, 0.29) is 43.1 Å². The molecule has 3 saturated carbocycles. The molecule has 2 bridgehead atoms. The highest BCUT2D eigenvalue weighted by molar-refractivity contribution is 6.32. The van der Waals surface area contributed by atoms with Gasteiger partial charge >= 0.3 is 0 Å². The number of ether oxygens (including phenoxy) is 1. The Balaban J connectivity index is 1.58. The molecule has 1 aromatic rings. The molecule has 0 spiro atoms. The van der Waals surface area contributed by atoms with Crippen molar-refractivity contribution >= 4 is 23.2 Å². The molecule has 0 radical (unpaired) electrons. The molecule has 3 fully saturated rings. The van der Waals surface area contributed by atoms with E-state index >= 15 is 0 Å². The summed E-state index contributed by atoms with van der Waals surface area (Å²) in [5.41, 5.74) is 0.544. The fourth-order valence-corrected chi connectivity index (χ4v) is 5.52. The number of rotatable bonds is 9. The summed E-state index contributed by atoms with van der Waals surface area (Å²) in [5.74, 6) is 1.69. The largest absolute Gasteiger partial charge is 0.389 e. The van der Waals surface area contributed by atoms with Gasteiger partial charge in [0, 0.05) is 33.2 Å². The molecule has 1 aromatic heterocycles. The fraction of sp³-hybridized carbons (Fsp3) is 0.773. The Labute approximate surface area is 188 Å². The molecule has 8 nitrogen and oxygen atoms in total. The summed E-state index contributed by atoms with van der Waals surface area (Å²) in [6, 6.07) is 0.278. The van der Waals surface area contributed by atoms with Crippen molar-refractivity contribution in [1.82, 2.24) is 14.7 Å². The molecule has 4 rings (SSSR count). The lowest BCUT2D eigenvalue weighted by Crippen LogP contribution is -2.58. The Bertz CT molecular complexity index is 858. The van der Waals surface area contributed by atoms with Gasteiger partial charge in [0.1, 0.15) is 5.02 Å². The molecule has 5 atom stereocenters. The molecule has 174 valence electrons. The predicted molar refractivity (Wildman–Crippen MR) is 120 cm³/mol. The van der Waals surface area contributed by atoms with Crippen molar-refractivity contribution in [3.05, 3.63) is 21.6 Å². The van der Waals surface area contributed by atoms with E-state index in [2.05, 4.69) is 31.2 Å². The first-order valence-electron chi connectivity index (χ1n) is 11.0. The summed E-state index contributed by atoms with van der Waals surface area (Å²) >= 11 is 6.37. The van der Waals surface area contributed by atoms with Crippen molar-refractivity contribution in [3.63, 3.8) is 0 Å². The van der Waals surface area contributed by atoms with Crippen molar-refractivity contribution in [3.8, 4) is 0 Å². The first kappa shape index (κ1) is 24.0. The van der Waals surface area contributed by atoms with E-state index in [9.17, 15) is 14.7 Å². The number of aliphatic hydroxyl groups is 1. The minimum Gasteiger partial charge on any atom is -0.389 e. The van der Waals surface area contributed by atoms with E-state index in [0.717, 1.165) is 6.42 Å². The molecule has 0 aromatic carbocycles. The Hall–Kier alpha value is -1.64. The van der Waals surface area contributed by atoms with Crippen molar-refractivity contribution < 1.29 is 14.6 Å². The highest BCUT2D eigenvalue weighted by Gasteiger charge is 2.56. The molecule has 3 aliphatic rings. The second-order valence-electron chi connectivity index (χ2n) is 9.74. The van der Waals surface area contributed by atoms with E-state index in [4.69, 9.17) is 16.3 Å². The van der Waals surface area contributed by atoms with Gasteiger partial charge in [-0.3, -0.25) is 9.59 Å². The van der Waals surface area contributed by atoms with Crippen LogP contribution in [0.1, 0.15) is 40.0 Å². The van der Waals surface area contributed by atoms with Gasteiger partial charge in [-0.15, -0.1) is 0 Å². The van der Waals surface area contributed by atoms with Gasteiger partial charge in [0.05, 0.1) is 31.1 Å². The Morgan fingerprint density at radius 3 is 2.81 bits per heavy atom. The van der Waals surface area contributed by atoms with Crippen LogP contribution >= 0.6 is 11.6 Å². The Morgan fingerprint density at radius 1 is 1.48 bits per heavy atom. The smallest absolute Gasteiger partial charge is 0.287 e. The number of carbonyl (C=O) groups excluding carboxylic acids is 1. The zero-order chi connectivity index (χ0) is 22.9. The molecular weight excluding hydrogens is 420 g/mol. The first-order chi connectivity index (χ1) is 14.6. The summed E-state index contributed by atoms with van der Waals surface area (Å²) in [7, 11) is 3.10. The second kappa shape index (κ2) is 9.46. The lowest BCUT2D eigenvalue weighted by Gasteiger charge is -2.62. The SMILES string of the molecule is COC[C@@H](O)CN(C)C(=O)CCn1ncc(N[C@@H]2C[C@@H]3C[C@H]([C@H]2C)C3(C)C)c(Cl)c1=O. The summed E-state index contributed by atoms with van der Waals surface area (Å²) in [6.45, 7) is 7.42. The number of anilines is 1. The van der Waals surface area contributed by atoms with Gasteiger partial charge in [-0.2, -0.15) is 5.10 Å². The topological polar surface area (TPSA) is 96.7 Å². The average Bonchev–Trinajstić information content (AvgIpc) is 2.71. The lowest BCUT2D eigenvalue weighted by atomic mass is 9.45. The van der Waals surface area contributed by atoms with Crippen molar-refractivity contribution in [2.24, 2.45) is 23.2 Å². The number of methoxy groups -OCH3 is 1. The van der Waals surface area contributed by atoms with E-state index in [0.29, 0.717) is 28.9 Å². The first-order valence-corrected chi connectivity index (χ1v) is 11.4. The standard InChI is InChI=1S/C22H35ClN4O4/c1-13-16-8-14(22(16,2)3)9-17(13)25-18-10-24-27(21(30)20(18)23)7-6-19(29)26(4)11-15(28)12-31-5/h10,13-17,25,28H,6-9,11-12H2,1-5H3/t13-,14+,15+,16-,17-/m1/s1. The number of likely N-dealkylation sites (N-methyl/N-ethyl adjacent to an activating group) is 1. The molecule has 0 saturated heterocycles. The molecule has 9 heteroatoms. The molecule has 2 N–H and O–H groups in total. The number of carbonyl (C=O) groups is 1. The summed E-state index contributed by atoms with van der Waals surface area (Å²) in [6.07, 6.45) is 3.27. The maximum Gasteiger partial charge on any atom is 0.287 e. The van der Waals surface area contributed by atoms with Crippen molar-refractivity contribution in [1.29, 1.82) is 0 Å². The minimum absolute atomic E-state index is 0.0876. The van der Waals surface area contributed by atoms with Gasteiger partial charge in [0.15, 0.2) is 0 Å². The number of hydrogen-bond acceptors (Lipinski definition) is 6. The van der Waals surface area contributed by atoms with Crippen LogP contribution in [-0.4, -0.2) is 65.1 Å². The minimum atomic E-state index is -0.751. The number of fused-ring (bicyclic) bond motifs is 2. The molecular formula is C22H35ClN4O4. The van der Waals surface area contributed by atoms with Gasteiger partial charge in [-0.1, -0.05) is 32.4 Å². The van der Waals surface area contributed by atoms with Gasteiger partial charge in [0.2, 0.25) is 5.91 Å². The van der Waals surface area contributed by atoms with Gasteiger partial charge in [0.25, 0.3) is 5.56 Å². The van der Waals surface area contributed by atoms with E-state index in [1.807, 2.05) is 0 Å². The number of nitrogens with one attached hydrogen (secondary N) is 1. The number of nitrogens with zero attached hydrogens (tertiary/aromatic N) is 3. The van der Waals surface area contributed by atoms with Crippen LogP contribution in [0.4, 0.5) is 5.69 Å². The number of hydrogen-bond donors (Lipinski definition) is 2. The highest BCUT2D eigenvalue weighted by Crippen LogP contribution is 2.61. The number of aromatic nitrogens is 2. The Kier molecular flexibility index (Phi) is 7.33. The lowest BCUT2D eigenvalue weighted by molar-refractivity contribution is -0.131. The maximum absolute atomic E-state index is 12.7. The molecule has 31 heavy (non-hydrogen) atoms. The van der Waals surface area contributed by atoms with Crippen LogP contribution in [0.2, 0.25) is 5.02 Å². The monoisotopic (exact) mass is 454 g/mol. The van der Waals surface area contributed by atoms with Crippen molar-refractivity contribution in [2.75, 3.05) is 32.6 Å². The quantitative estimate of drug-likeness (QED) is 0.594. The molecule has 0 unspecified atom stereocenters. The maximum atomic E-state index is 12.7. The zero-order valence-electron chi connectivity index (χ0n) is 19.1. The van der Waals surface area contributed by atoms with Gasteiger partial charge < -0.3 is 20.1 Å². The van der Waals surface area contributed by atoms with Crippen molar-refractivity contribution in [2.45, 2.75) is 58.7 Å². The molecule has 0 aliphatic heterocycles. The number of halogens is 1. The summed E-state index contributed by atoms with van der Waals surface area (Å²) in [4.78, 5) is 26.4. The van der Waals surface area contributed by atoms with E-state index in [1.54, 1.807) is 13.2 Å². The van der Waals surface area contributed by atoms with Crippen LogP contribution in [-0.2, 0) is 16.1 Å². The molecule has 1 amide bonds. The van der Waals surface area contributed by atoms with E-state index in [1.165, 1.54) is 23.1 Å². The van der Waals surface area contributed by atoms with Crippen LogP contribution in [0.15, 0.2) is 11.0 Å². The van der Waals surface area contributed by atoms with Crippen LogP contribution in [0.3, 0.4) is 0 Å². The van der Waals surface area contributed by atoms with Gasteiger partial charge in [-0.25, -0.2) is 4.68 Å². The van der Waals surface area contributed by atoms with Crippen LogP contribution < -0.4 is 10.9 Å². The average molecular weight is 455 g/mol. The number of amides is 1. The second-order valence-corrected chi connectivity index (χ2v) is 10.1. The van der Waals surface area contributed by atoms with Crippen LogP contribution in [0.25, 0.3) is 0 Å². The molecule has 3 aliphatic carbocycles. The van der Waals surface area contributed by atoms with Crippen LogP contribution in [0.5, 0.6) is 0 Å². The summed E-state index contributed by atoms with van der Waals surface area (Å²) < 4.78 is 6.09. The van der Waals surface area contributed by atoms with Crippen LogP contribution in [0, 0.1) is 23.2 Å². The predicted octanol–water partition coefficient (Wildman–Crippen LogP) is 2.24. The third-order valence-electron chi connectivity index (χ3n) is 7.49. The third-order valence-corrected chi connectivity index (χ3v) is 7.85. The zero-order valence-corrected chi connectivity index (χ0v) is 19.9.